The van der Waals surface area contributed by atoms with E-state index in [-0.39, 0.29) is 17.6 Å². The molecule has 4 heteroatoms. The van der Waals surface area contributed by atoms with Crippen molar-refractivity contribution in [3.8, 4) is 0 Å². The molecule has 29 heavy (non-hydrogen) atoms. The van der Waals surface area contributed by atoms with Gasteiger partial charge in [0.25, 0.3) is 0 Å². The van der Waals surface area contributed by atoms with E-state index < -0.39 is 0 Å². The van der Waals surface area contributed by atoms with E-state index in [0.29, 0.717) is 23.0 Å². The van der Waals surface area contributed by atoms with Crippen LogP contribution in [0.25, 0.3) is 0 Å². The Labute approximate surface area is 176 Å². The van der Waals surface area contributed by atoms with Crippen LogP contribution in [0.2, 0.25) is 0 Å². The minimum atomic E-state index is -0.0200. The van der Waals surface area contributed by atoms with Crippen LogP contribution in [0.5, 0.6) is 0 Å². The Kier molecular flexibility index (Phi) is 4.88. The Morgan fingerprint density at radius 1 is 1.07 bits per heavy atom. The number of hydrogen-bond donors (Lipinski definition) is 1. The number of nitrogens with two attached hydrogens (primary N) is 1. The van der Waals surface area contributed by atoms with Crippen molar-refractivity contribution in [1.29, 1.82) is 0 Å². The SMILES string of the molecule is C[C@@H]1CC2C/C(=N\OC3CCCC3N)CC[C@]2(C)[C@H]2CC[C@]3(C)C(=O)CC[C@H]3[C@H]12. The molecule has 0 amide bonds. The van der Waals surface area contributed by atoms with Gasteiger partial charge in [-0.3, -0.25) is 4.79 Å². The second kappa shape index (κ2) is 7.07. The number of carbonyl (C=O) groups is 1. The van der Waals surface area contributed by atoms with E-state index in [4.69, 9.17) is 10.6 Å². The molecule has 0 aromatic carbocycles. The molecule has 2 N–H and O–H groups in total. The first kappa shape index (κ1) is 20.0. The van der Waals surface area contributed by atoms with Crippen molar-refractivity contribution >= 4 is 11.5 Å². The summed E-state index contributed by atoms with van der Waals surface area (Å²) in [6.45, 7) is 7.34. The number of ketones is 1. The zero-order valence-electron chi connectivity index (χ0n) is 18.7. The maximum atomic E-state index is 12.7. The Bertz CT molecular complexity index is 705. The number of carbonyl (C=O) groups excluding carboxylic acids is 1. The smallest absolute Gasteiger partial charge is 0.142 e. The molecule has 0 heterocycles. The molecule has 0 saturated heterocycles. The van der Waals surface area contributed by atoms with E-state index in [1.807, 2.05) is 0 Å². The van der Waals surface area contributed by atoms with E-state index in [1.54, 1.807) is 0 Å². The van der Waals surface area contributed by atoms with Crippen LogP contribution in [0.1, 0.15) is 91.4 Å². The van der Waals surface area contributed by atoms with Crippen LogP contribution in [0, 0.1) is 40.4 Å². The zero-order chi connectivity index (χ0) is 20.4. The molecule has 0 aromatic rings. The van der Waals surface area contributed by atoms with Crippen molar-refractivity contribution in [2.75, 3.05) is 0 Å². The van der Waals surface area contributed by atoms with Crippen molar-refractivity contribution in [1.82, 2.24) is 0 Å². The number of oxime groups is 1. The molecule has 0 spiro atoms. The molecule has 5 saturated carbocycles. The molecule has 0 aliphatic heterocycles. The Balaban J connectivity index is 1.33. The highest BCUT2D eigenvalue weighted by atomic mass is 16.6. The number of hydrogen-bond acceptors (Lipinski definition) is 4. The summed E-state index contributed by atoms with van der Waals surface area (Å²) in [5.41, 5.74) is 7.82. The molecule has 5 fully saturated rings. The third kappa shape index (κ3) is 3.03. The summed E-state index contributed by atoms with van der Waals surface area (Å²) in [4.78, 5) is 18.6. The fourth-order valence-corrected chi connectivity index (χ4v) is 8.53. The minimum absolute atomic E-state index is 0.0200. The zero-order valence-corrected chi connectivity index (χ0v) is 18.7. The highest BCUT2D eigenvalue weighted by molar-refractivity contribution is 5.87. The van der Waals surface area contributed by atoms with Gasteiger partial charge in [0, 0.05) is 17.9 Å². The summed E-state index contributed by atoms with van der Waals surface area (Å²) < 4.78 is 0. The van der Waals surface area contributed by atoms with Gasteiger partial charge in [-0.25, -0.2) is 0 Å². The van der Waals surface area contributed by atoms with Crippen molar-refractivity contribution < 1.29 is 9.63 Å². The van der Waals surface area contributed by atoms with Gasteiger partial charge in [-0.05, 0) is 99.2 Å². The van der Waals surface area contributed by atoms with Gasteiger partial charge in [0.15, 0.2) is 0 Å². The van der Waals surface area contributed by atoms with E-state index in [9.17, 15) is 4.79 Å². The fourth-order valence-electron chi connectivity index (χ4n) is 8.53. The third-order valence-electron chi connectivity index (χ3n) is 10.4. The molecule has 162 valence electrons. The predicted molar refractivity (Wildman–Crippen MR) is 115 cm³/mol. The lowest BCUT2D eigenvalue weighted by atomic mass is 9.43. The van der Waals surface area contributed by atoms with Gasteiger partial charge in [-0.2, -0.15) is 0 Å². The molecule has 0 radical (unpaired) electrons. The third-order valence-corrected chi connectivity index (χ3v) is 10.4. The second-order valence-corrected chi connectivity index (χ2v) is 11.7. The Morgan fingerprint density at radius 3 is 2.66 bits per heavy atom. The molecule has 3 unspecified atom stereocenters. The fraction of sp³-hybridized carbons (Fsp3) is 0.920. The Morgan fingerprint density at radius 2 is 1.90 bits per heavy atom. The lowest BCUT2D eigenvalue weighted by Gasteiger charge is -2.61. The van der Waals surface area contributed by atoms with Gasteiger partial charge in [0.05, 0.1) is 5.71 Å². The second-order valence-electron chi connectivity index (χ2n) is 11.7. The molecular weight excluding hydrogens is 360 g/mol. The van der Waals surface area contributed by atoms with Gasteiger partial charge in [0.1, 0.15) is 11.9 Å². The molecule has 5 aliphatic carbocycles. The topological polar surface area (TPSA) is 64.7 Å². The number of Topliss-reactive ketones (excluding diaryl/α,β-unsaturated/α-hetero) is 1. The van der Waals surface area contributed by atoms with Crippen LogP contribution in [-0.2, 0) is 9.63 Å². The predicted octanol–water partition coefficient (Wildman–Crippen LogP) is 5.10. The lowest BCUT2D eigenvalue weighted by molar-refractivity contribution is -0.143. The van der Waals surface area contributed by atoms with Crippen LogP contribution in [0.4, 0.5) is 0 Å². The first-order valence-corrected chi connectivity index (χ1v) is 12.3. The van der Waals surface area contributed by atoms with Gasteiger partial charge in [0.2, 0.25) is 0 Å². The van der Waals surface area contributed by atoms with Crippen LogP contribution < -0.4 is 5.73 Å². The molecule has 0 aromatic heterocycles. The summed E-state index contributed by atoms with van der Waals surface area (Å²) in [6, 6.07) is 0.161. The van der Waals surface area contributed by atoms with E-state index in [1.165, 1.54) is 31.4 Å². The highest BCUT2D eigenvalue weighted by Crippen LogP contribution is 2.66. The van der Waals surface area contributed by atoms with E-state index >= 15 is 0 Å². The molecule has 4 nitrogen and oxygen atoms in total. The molecular formula is C25H40N2O2. The quantitative estimate of drug-likeness (QED) is 0.656. The summed E-state index contributed by atoms with van der Waals surface area (Å²) in [7, 11) is 0. The minimum Gasteiger partial charge on any atom is -0.391 e. The largest absolute Gasteiger partial charge is 0.391 e. The van der Waals surface area contributed by atoms with Crippen LogP contribution >= 0.6 is 0 Å². The average Bonchev–Trinajstić information content (AvgIpc) is 3.24. The van der Waals surface area contributed by atoms with Crippen LogP contribution in [-0.4, -0.2) is 23.6 Å². The average molecular weight is 401 g/mol. The highest BCUT2D eigenvalue weighted by Gasteiger charge is 2.61. The summed E-state index contributed by atoms with van der Waals surface area (Å²) in [5.74, 6) is 4.15. The monoisotopic (exact) mass is 400 g/mol. The van der Waals surface area contributed by atoms with Crippen molar-refractivity contribution in [3.63, 3.8) is 0 Å². The molecule has 9 atom stereocenters. The standard InChI is InChI=1S/C25H40N2O2/c1-15-13-16-14-17(27-29-21-6-4-5-20(21)26)9-11-24(16,2)19-10-12-25(3)18(23(15)19)7-8-22(25)28/h15-16,18-21,23H,4-14,26H2,1-3H3/b27-17-/t15-,16?,18+,19+,20?,21?,23+,24+,25+/m1/s1. The van der Waals surface area contributed by atoms with Crippen molar-refractivity contribution in [2.24, 2.45) is 51.3 Å². The Hall–Kier alpha value is -0.900. The number of fused-ring (bicyclic) bond motifs is 5. The van der Waals surface area contributed by atoms with Crippen molar-refractivity contribution in [2.45, 2.75) is 104 Å². The van der Waals surface area contributed by atoms with Crippen LogP contribution in [0.3, 0.4) is 0 Å². The maximum absolute atomic E-state index is 12.7. The van der Waals surface area contributed by atoms with Gasteiger partial charge in [-0.1, -0.05) is 25.9 Å². The summed E-state index contributed by atoms with van der Waals surface area (Å²) in [5, 5.41) is 4.63. The molecule has 5 aliphatic rings. The first-order valence-electron chi connectivity index (χ1n) is 12.3. The van der Waals surface area contributed by atoms with Gasteiger partial charge >= 0.3 is 0 Å². The maximum Gasteiger partial charge on any atom is 0.142 e. The normalized spacial score (nSPS) is 53.4. The number of rotatable bonds is 2. The lowest BCUT2D eigenvalue weighted by Crippen LogP contribution is -2.56. The first-order chi connectivity index (χ1) is 13.8. The summed E-state index contributed by atoms with van der Waals surface area (Å²) in [6.07, 6.45) is 12.5. The molecule has 5 rings (SSSR count). The van der Waals surface area contributed by atoms with Crippen LogP contribution in [0.15, 0.2) is 5.16 Å². The van der Waals surface area contributed by atoms with Crippen molar-refractivity contribution in [3.05, 3.63) is 0 Å². The van der Waals surface area contributed by atoms with Gasteiger partial charge in [-0.15, -0.1) is 0 Å². The molecule has 0 bridgehead atoms. The van der Waals surface area contributed by atoms with Gasteiger partial charge < -0.3 is 10.6 Å². The van der Waals surface area contributed by atoms with E-state index in [2.05, 4.69) is 25.9 Å². The van der Waals surface area contributed by atoms with E-state index in [0.717, 1.165) is 62.7 Å². The number of nitrogens with zero attached hydrogens (tertiary/aromatic N) is 1. The summed E-state index contributed by atoms with van der Waals surface area (Å²) >= 11 is 0.